The quantitative estimate of drug-likeness (QED) is 0.805. The minimum absolute atomic E-state index is 0.142. The monoisotopic (exact) mass is 269 g/mol. The van der Waals surface area contributed by atoms with Gasteiger partial charge < -0.3 is 15.2 Å². The maximum Gasteiger partial charge on any atom is 0.323 e. The predicted octanol–water partition coefficient (Wildman–Crippen LogP) is 2.26. The second-order valence-electron chi connectivity index (χ2n) is 4.85. The Balaban J connectivity index is 2.66. The van der Waals surface area contributed by atoms with Crippen molar-refractivity contribution >= 4 is 5.97 Å². The summed E-state index contributed by atoms with van der Waals surface area (Å²) in [6, 6.07) is 5.32. The van der Waals surface area contributed by atoms with Crippen LogP contribution in [-0.2, 0) is 9.53 Å². The van der Waals surface area contributed by atoms with Gasteiger partial charge in [0.05, 0.1) is 6.61 Å². The number of hydrogen-bond donors (Lipinski definition) is 1. The Morgan fingerprint density at radius 2 is 2.05 bits per heavy atom. The summed E-state index contributed by atoms with van der Waals surface area (Å²) >= 11 is 0. The molecule has 1 rings (SSSR count). The van der Waals surface area contributed by atoms with E-state index in [-0.39, 0.29) is 18.8 Å². The third-order valence-electron chi connectivity index (χ3n) is 2.52. The van der Waals surface area contributed by atoms with E-state index < -0.39 is 23.4 Å². The molecule has 1 aromatic carbocycles. The minimum atomic E-state index is -0.790. The summed E-state index contributed by atoms with van der Waals surface area (Å²) in [4.78, 5) is 11.5. The van der Waals surface area contributed by atoms with Crippen LogP contribution in [0, 0.1) is 5.82 Å². The molecular formula is C14H20FNO3. The van der Waals surface area contributed by atoms with Gasteiger partial charge in [-0.25, -0.2) is 4.39 Å². The van der Waals surface area contributed by atoms with Crippen LogP contribution in [0.3, 0.4) is 0 Å². The Kier molecular flexibility index (Phi) is 5.30. The number of ether oxygens (including phenoxy) is 2. The van der Waals surface area contributed by atoms with E-state index in [0.717, 1.165) is 0 Å². The lowest BCUT2D eigenvalue weighted by molar-refractivity contribution is -0.145. The van der Waals surface area contributed by atoms with Gasteiger partial charge in [-0.05, 0) is 32.9 Å². The third-order valence-corrected chi connectivity index (χ3v) is 2.52. The molecule has 0 bridgehead atoms. The number of esters is 1. The first-order chi connectivity index (χ1) is 8.85. The number of carbonyl (C=O) groups excluding carboxylic acids is 1. The van der Waals surface area contributed by atoms with Crippen molar-refractivity contribution < 1.29 is 18.7 Å². The van der Waals surface area contributed by atoms with E-state index in [9.17, 15) is 9.18 Å². The normalized spacial score (nSPS) is 12.9. The van der Waals surface area contributed by atoms with E-state index in [1.165, 1.54) is 12.1 Å². The van der Waals surface area contributed by atoms with Gasteiger partial charge in [0.1, 0.15) is 11.6 Å². The molecular weight excluding hydrogens is 249 g/mol. The first-order valence-corrected chi connectivity index (χ1v) is 6.21. The summed E-state index contributed by atoms with van der Waals surface area (Å²) in [7, 11) is 0. The highest BCUT2D eigenvalue weighted by Crippen LogP contribution is 2.24. The number of benzene rings is 1. The van der Waals surface area contributed by atoms with Gasteiger partial charge in [0.25, 0.3) is 0 Å². The van der Waals surface area contributed by atoms with Crippen molar-refractivity contribution in [1.82, 2.24) is 0 Å². The van der Waals surface area contributed by atoms with Gasteiger partial charge in [0.15, 0.2) is 11.6 Å². The van der Waals surface area contributed by atoms with Crippen molar-refractivity contribution in [2.24, 2.45) is 5.73 Å². The van der Waals surface area contributed by atoms with Gasteiger partial charge >= 0.3 is 5.97 Å². The van der Waals surface area contributed by atoms with Crippen LogP contribution < -0.4 is 10.5 Å². The maximum atomic E-state index is 13.5. The van der Waals surface area contributed by atoms with E-state index in [0.29, 0.717) is 0 Å². The van der Waals surface area contributed by atoms with Crippen LogP contribution in [-0.4, -0.2) is 24.2 Å². The molecule has 0 saturated heterocycles. The van der Waals surface area contributed by atoms with Crippen molar-refractivity contribution in [3.63, 3.8) is 0 Å². The molecule has 19 heavy (non-hydrogen) atoms. The van der Waals surface area contributed by atoms with Gasteiger partial charge in [0, 0.05) is 6.42 Å². The van der Waals surface area contributed by atoms with Gasteiger partial charge in [-0.15, -0.1) is 0 Å². The average Bonchev–Trinajstić information content (AvgIpc) is 2.31. The van der Waals surface area contributed by atoms with Crippen LogP contribution in [0.2, 0.25) is 0 Å². The number of hydrogen-bond acceptors (Lipinski definition) is 4. The van der Waals surface area contributed by atoms with Crippen molar-refractivity contribution in [3.05, 3.63) is 30.1 Å². The van der Waals surface area contributed by atoms with Gasteiger partial charge in [0.2, 0.25) is 0 Å². The van der Waals surface area contributed by atoms with Crippen molar-refractivity contribution in [1.29, 1.82) is 0 Å². The molecule has 0 aliphatic carbocycles. The molecule has 0 aliphatic rings. The molecule has 0 radical (unpaired) electrons. The van der Waals surface area contributed by atoms with Crippen LogP contribution in [0.15, 0.2) is 24.3 Å². The summed E-state index contributed by atoms with van der Waals surface area (Å²) in [5, 5.41) is 0. The molecule has 0 heterocycles. The van der Waals surface area contributed by atoms with Crippen LogP contribution in [0.1, 0.15) is 27.2 Å². The second-order valence-corrected chi connectivity index (χ2v) is 4.85. The van der Waals surface area contributed by atoms with Crippen LogP contribution in [0.25, 0.3) is 0 Å². The first-order valence-electron chi connectivity index (χ1n) is 6.21. The Morgan fingerprint density at radius 1 is 1.42 bits per heavy atom. The van der Waals surface area contributed by atoms with Crippen LogP contribution in [0.5, 0.6) is 5.75 Å². The van der Waals surface area contributed by atoms with Crippen molar-refractivity contribution in [3.8, 4) is 5.75 Å². The number of carbonyl (C=O) groups is 1. The van der Waals surface area contributed by atoms with Crippen LogP contribution in [0.4, 0.5) is 4.39 Å². The van der Waals surface area contributed by atoms with E-state index >= 15 is 0 Å². The molecule has 4 nitrogen and oxygen atoms in total. The molecule has 0 aliphatic heterocycles. The fraction of sp³-hybridized carbons (Fsp3) is 0.500. The van der Waals surface area contributed by atoms with Gasteiger partial charge in [-0.2, -0.15) is 0 Å². The van der Waals surface area contributed by atoms with Gasteiger partial charge in [-0.1, -0.05) is 12.1 Å². The summed E-state index contributed by atoms with van der Waals surface area (Å²) < 4.78 is 23.9. The maximum absolute atomic E-state index is 13.5. The molecule has 2 N–H and O–H groups in total. The zero-order valence-electron chi connectivity index (χ0n) is 11.5. The summed E-state index contributed by atoms with van der Waals surface area (Å²) in [5.74, 6) is -0.781. The molecule has 1 unspecified atom stereocenters. The van der Waals surface area contributed by atoms with E-state index in [4.69, 9.17) is 15.2 Å². The first kappa shape index (κ1) is 15.4. The molecule has 106 valence electrons. The Hall–Kier alpha value is -1.62. The molecule has 1 aromatic rings. The Labute approximate surface area is 112 Å². The summed E-state index contributed by atoms with van der Waals surface area (Å²) in [6.07, 6.45) is 0.236. The fourth-order valence-electron chi connectivity index (χ4n) is 1.73. The lowest BCUT2D eigenvalue weighted by atomic mass is 9.99. The van der Waals surface area contributed by atoms with E-state index in [1.807, 2.05) is 0 Å². The summed E-state index contributed by atoms with van der Waals surface area (Å²) in [5.41, 5.74) is 4.96. The highest BCUT2D eigenvalue weighted by molar-refractivity contribution is 5.75. The highest BCUT2D eigenvalue weighted by atomic mass is 19.1. The number of para-hydroxylation sites is 1. The molecule has 0 fully saturated rings. The zero-order valence-corrected chi connectivity index (χ0v) is 11.5. The van der Waals surface area contributed by atoms with Crippen molar-refractivity contribution in [2.75, 3.05) is 6.61 Å². The predicted molar refractivity (Wildman–Crippen MR) is 70.3 cm³/mol. The third kappa shape index (κ3) is 4.87. The number of rotatable bonds is 6. The van der Waals surface area contributed by atoms with E-state index in [2.05, 4.69) is 0 Å². The number of halogens is 1. The van der Waals surface area contributed by atoms with Crippen molar-refractivity contribution in [2.45, 2.75) is 38.8 Å². The zero-order chi connectivity index (χ0) is 14.5. The minimum Gasteiger partial charge on any atom is -0.485 e. The molecule has 0 aromatic heterocycles. The Bertz CT molecular complexity index is 434. The van der Waals surface area contributed by atoms with E-state index in [1.54, 1.807) is 32.9 Å². The second kappa shape index (κ2) is 6.52. The van der Waals surface area contributed by atoms with Crippen LogP contribution >= 0.6 is 0 Å². The fourth-order valence-corrected chi connectivity index (χ4v) is 1.73. The molecule has 5 heteroatoms. The molecule has 1 atom stereocenters. The molecule has 0 spiro atoms. The summed E-state index contributed by atoms with van der Waals surface area (Å²) in [6.45, 7) is 5.49. The smallest absolute Gasteiger partial charge is 0.323 e. The number of nitrogens with two attached hydrogens (primary N) is 1. The topological polar surface area (TPSA) is 61.5 Å². The van der Waals surface area contributed by atoms with Gasteiger partial charge in [-0.3, -0.25) is 4.79 Å². The average molecular weight is 269 g/mol. The molecule has 0 saturated carbocycles. The molecule has 0 amide bonds. The lowest BCUT2D eigenvalue weighted by Crippen LogP contribution is -2.42. The Morgan fingerprint density at radius 3 is 2.63 bits per heavy atom. The highest BCUT2D eigenvalue weighted by Gasteiger charge is 2.28. The standard InChI is InChI=1S/C14H20FNO3/c1-4-18-13(17)11(16)9-14(2,3)19-12-8-6-5-7-10(12)15/h5-8,11H,4,9,16H2,1-3H3. The largest absolute Gasteiger partial charge is 0.485 e. The SMILES string of the molecule is CCOC(=O)C(N)CC(C)(C)Oc1ccccc1F. The lowest BCUT2D eigenvalue weighted by Gasteiger charge is -2.28.